The Morgan fingerprint density at radius 2 is 1.80 bits per heavy atom. The summed E-state index contributed by atoms with van der Waals surface area (Å²) < 4.78 is 32.9. The van der Waals surface area contributed by atoms with Crippen molar-refractivity contribution in [1.82, 2.24) is 14.3 Å². The molecule has 1 aliphatic heterocycles. The minimum Gasteiger partial charge on any atom is -0.481 e. The number of hydrogen-bond acceptors (Lipinski definition) is 6. The molecule has 9 heteroatoms. The Labute approximate surface area is 155 Å². The highest BCUT2D eigenvalue weighted by atomic mass is 79.9. The van der Waals surface area contributed by atoms with E-state index in [9.17, 15) is 8.42 Å². The van der Waals surface area contributed by atoms with Gasteiger partial charge in [-0.05, 0) is 35.0 Å². The molecular formula is C16H19BrN4O3S. The van der Waals surface area contributed by atoms with Crippen molar-refractivity contribution in [2.75, 3.05) is 38.2 Å². The van der Waals surface area contributed by atoms with Gasteiger partial charge in [-0.2, -0.15) is 9.29 Å². The predicted molar refractivity (Wildman–Crippen MR) is 98.4 cm³/mol. The summed E-state index contributed by atoms with van der Waals surface area (Å²) >= 11 is 3.32. The van der Waals surface area contributed by atoms with E-state index in [0.29, 0.717) is 47.3 Å². The maximum absolute atomic E-state index is 12.8. The van der Waals surface area contributed by atoms with Gasteiger partial charge in [-0.25, -0.2) is 13.4 Å². The van der Waals surface area contributed by atoms with Crippen LogP contribution in [-0.2, 0) is 10.0 Å². The Morgan fingerprint density at radius 3 is 2.44 bits per heavy atom. The highest BCUT2D eigenvalue weighted by Crippen LogP contribution is 2.26. The molecule has 0 radical (unpaired) electrons. The lowest BCUT2D eigenvalue weighted by Crippen LogP contribution is -2.49. The molecule has 25 heavy (non-hydrogen) atoms. The molecule has 0 aliphatic carbocycles. The second kappa shape index (κ2) is 7.27. The summed E-state index contributed by atoms with van der Waals surface area (Å²) in [6, 6.07) is 8.64. The number of piperazine rings is 1. The van der Waals surface area contributed by atoms with Crippen LogP contribution in [0.3, 0.4) is 0 Å². The highest BCUT2D eigenvalue weighted by molar-refractivity contribution is 9.10. The molecule has 0 saturated carbocycles. The third-order valence-corrected chi connectivity index (χ3v) is 6.94. The molecule has 0 amide bonds. The van der Waals surface area contributed by atoms with Gasteiger partial charge in [0.25, 0.3) is 0 Å². The second-order valence-electron chi connectivity index (χ2n) is 5.64. The van der Waals surface area contributed by atoms with E-state index in [0.717, 1.165) is 5.82 Å². The fourth-order valence-electron chi connectivity index (χ4n) is 2.74. The molecule has 1 fully saturated rings. The number of anilines is 1. The number of benzene rings is 1. The Kier molecular flexibility index (Phi) is 5.26. The summed E-state index contributed by atoms with van der Waals surface area (Å²) in [6.45, 7) is 3.72. The molecule has 1 aromatic carbocycles. The number of halogens is 1. The number of nitrogens with zero attached hydrogens (tertiary/aromatic N) is 4. The van der Waals surface area contributed by atoms with Crippen molar-refractivity contribution in [3.63, 3.8) is 0 Å². The van der Waals surface area contributed by atoms with Gasteiger partial charge in [-0.3, -0.25) is 0 Å². The van der Waals surface area contributed by atoms with Crippen molar-refractivity contribution >= 4 is 31.8 Å². The molecular weight excluding hydrogens is 408 g/mol. The lowest BCUT2D eigenvalue weighted by molar-refractivity contribution is 0.380. The van der Waals surface area contributed by atoms with Crippen molar-refractivity contribution in [2.24, 2.45) is 0 Å². The van der Waals surface area contributed by atoms with Crippen LogP contribution in [0.4, 0.5) is 5.82 Å². The quantitative estimate of drug-likeness (QED) is 0.744. The van der Waals surface area contributed by atoms with Crippen LogP contribution in [0.1, 0.15) is 5.82 Å². The Hall–Kier alpha value is -1.71. The fourth-order valence-corrected chi connectivity index (χ4v) is 5.13. The molecule has 0 N–H and O–H groups in total. The molecule has 3 rings (SSSR count). The number of aryl methyl sites for hydroxylation is 1. The lowest BCUT2D eigenvalue weighted by Gasteiger charge is -2.34. The Bertz CT molecular complexity index is 867. The van der Waals surface area contributed by atoms with Gasteiger partial charge in [-0.1, -0.05) is 12.1 Å². The van der Waals surface area contributed by atoms with E-state index in [2.05, 4.69) is 25.9 Å². The van der Waals surface area contributed by atoms with Gasteiger partial charge < -0.3 is 9.64 Å². The summed E-state index contributed by atoms with van der Waals surface area (Å²) in [5.41, 5.74) is 0. The molecule has 134 valence electrons. The van der Waals surface area contributed by atoms with E-state index in [1.165, 1.54) is 4.31 Å². The number of sulfonamides is 1. The van der Waals surface area contributed by atoms with Gasteiger partial charge in [-0.15, -0.1) is 0 Å². The molecule has 1 aromatic heterocycles. The number of hydrogen-bond donors (Lipinski definition) is 0. The summed E-state index contributed by atoms with van der Waals surface area (Å²) in [5.74, 6) is 1.88. The van der Waals surface area contributed by atoms with Crippen molar-refractivity contribution in [2.45, 2.75) is 11.8 Å². The normalized spacial score (nSPS) is 16.0. The molecule has 1 saturated heterocycles. The summed E-state index contributed by atoms with van der Waals surface area (Å²) in [5, 5.41) is 0. The molecule has 0 bridgehead atoms. The van der Waals surface area contributed by atoms with Crippen LogP contribution in [0.25, 0.3) is 0 Å². The maximum Gasteiger partial charge on any atom is 0.244 e. The van der Waals surface area contributed by atoms with Crippen molar-refractivity contribution in [3.05, 3.63) is 40.6 Å². The minimum absolute atomic E-state index is 0.294. The first-order valence-corrected chi connectivity index (χ1v) is 10.0. The van der Waals surface area contributed by atoms with Crippen LogP contribution in [0.15, 0.2) is 39.7 Å². The monoisotopic (exact) mass is 426 g/mol. The molecule has 1 aliphatic rings. The van der Waals surface area contributed by atoms with Gasteiger partial charge in [0.2, 0.25) is 15.9 Å². The van der Waals surface area contributed by atoms with E-state index in [1.807, 2.05) is 4.90 Å². The number of methoxy groups -OCH3 is 1. The van der Waals surface area contributed by atoms with Crippen LogP contribution in [0.5, 0.6) is 5.88 Å². The average molecular weight is 427 g/mol. The van der Waals surface area contributed by atoms with Gasteiger partial charge in [0, 0.05) is 36.7 Å². The SMILES string of the molecule is COc1cc(N2CCN(S(=O)(=O)c3ccccc3Br)CC2)nc(C)n1. The first kappa shape index (κ1) is 18.1. The first-order valence-electron chi connectivity index (χ1n) is 7.81. The van der Waals surface area contributed by atoms with E-state index in [-0.39, 0.29) is 0 Å². The molecule has 2 aromatic rings. The minimum atomic E-state index is -3.52. The topological polar surface area (TPSA) is 75.6 Å². The highest BCUT2D eigenvalue weighted by Gasteiger charge is 2.30. The van der Waals surface area contributed by atoms with Crippen molar-refractivity contribution in [1.29, 1.82) is 0 Å². The summed E-state index contributed by atoms with van der Waals surface area (Å²) in [4.78, 5) is 10.9. The van der Waals surface area contributed by atoms with E-state index in [1.54, 1.807) is 44.4 Å². The second-order valence-corrected chi connectivity index (χ2v) is 8.40. The molecule has 7 nitrogen and oxygen atoms in total. The first-order chi connectivity index (χ1) is 11.9. The zero-order valence-electron chi connectivity index (χ0n) is 14.0. The van der Waals surface area contributed by atoms with Crippen LogP contribution in [0.2, 0.25) is 0 Å². The molecule has 0 atom stereocenters. The van der Waals surface area contributed by atoms with Gasteiger partial charge in [0.1, 0.15) is 11.6 Å². The standard InChI is InChI=1S/C16H19BrN4O3S/c1-12-18-15(11-16(19-12)24-2)20-7-9-21(10-8-20)25(22,23)14-6-4-3-5-13(14)17/h3-6,11H,7-10H2,1-2H3. The van der Waals surface area contributed by atoms with E-state index < -0.39 is 10.0 Å². The average Bonchev–Trinajstić information content (AvgIpc) is 2.61. The van der Waals surface area contributed by atoms with Gasteiger partial charge >= 0.3 is 0 Å². The predicted octanol–water partition coefficient (Wildman–Crippen LogP) is 2.07. The van der Waals surface area contributed by atoms with Crippen molar-refractivity contribution < 1.29 is 13.2 Å². The van der Waals surface area contributed by atoms with Crippen molar-refractivity contribution in [3.8, 4) is 5.88 Å². The number of aromatic nitrogens is 2. The van der Waals surface area contributed by atoms with E-state index >= 15 is 0 Å². The van der Waals surface area contributed by atoms with Crippen LogP contribution in [0, 0.1) is 6.92 Å². The number of ether oxygens (including phenoxy) is 1. The summed E-state index contributed by atoms with van der Waals surface area (Å²) in [6.07, 6.45) is 0. The largest absolute Gasteiger partial charge is 0.481 e. The Morgan fingerprint density at radius 1 is 1.12 bits per heavy atom. The molecule has 0 unspecified atom stereocenters. The maximum atomic E-state index is 12.8. The zero-order valence-corrected chi connectivity index (χ0v) is 16.4. The van der Waals surface area contributed by atoms with E-state index in [4.69, 9.17) is 4.74 Å². The molecule has 2 heterocycles. The van der Waals surface area contributed by atoms with Crippen LogP contribution < -0.4 is 9.64 Å². The lowest BCUT2D eigenvalue weighted by atomic mass is 10.3. The zero-order chi connectivity index (χ0) is 18.0. The fraction of sp³-hybridized carbons (Fsp3) is 0.375. The van der Waals surface area contributed by atoms with Gasteiger partial charge in [0.05, 0.1) is 12.0 Å². The smallest absolute Gasteiger partial charge is 0.244 e. The third kappa shape index (κ3) is 3.78. The summed E-state index contributed by atoms with van der Waals surface area (Å²) in [7, 11) is -1.95. The number of rotatable bonds is 4. The third-order valence-electron chi connectivity index (χ3n) is 4.03. The van der Waals surface area contributed by atoms with Crippen LogP contribution >= 0.6 is 15.9 Å². The van der Waals surface area contributed by atoms with Gasteiger partial charge in [0.15, 0.2) is 0 Å². The van der Waals surface area contributed by atoms with Crippen LogP contribution in [-0.4, -0.2) is 56.0 Å². The molecule has 0 spiro atoms. The Balaban J connectivity index is 1.76.